The zero-order valence-corrected chi connectivity index (χ0v) is 43.7. The minimum Gasteiger partial charge on any atom is -0.262 e. The van der Waals surface area contributed by atoms with E-state index in [9.17, 15) is 65.9 Å². The molecule has 0 radical (unpaired) electrons. The number of allylic oxidation sites excluding steroid dienone is 10. The Kier molecular flexibility index (Phi) is 18.4. The van der Waals surface area contributed by atoms with E-state index in [1.165, 1.54) is 55.6 Å². The SMILES string of the molecule is Cc1c(C)c(C)[c-](C)c1C.Cc1c(C)c(C)[c-](C)c1C.FC1=C(F)C(=C2C(c3c(F)c(F)c(F)c(F)c3F)=C(c3c(F)c(F)c(F)c(F)c3F)C(c3c(F)c(F)c(F)c(F)c3F)=C2c2c(F)c(F)c(F)c(F)c2F)[C-](F)C(F)=C1F.[Al+3]. The number of halogens is 25. The molecular weight excluding hydrogens is 1160 g/mol. The molecule has 0 nitrogen and oxygen atoms in total. The van der Waals surface area contributed by atoms with Gasteiger partial charge in [-0.25, -0.2) is 96.6 Å². The molecule has 8 rings (SSSR count). The first-order valence-electron chi connectivity index (χ1n) is 22.2. The van der Waals surface area contributed by atoms with Crippen molar-refractivity contribution in [2.75, 3.05) is 0 Å². The first-order valence-corrected chi connectivity index (χ1v) is 22.2. The van der Waals surface area contributed by atoms with E-state index in [1.807, 2.05) is 0 Å². The predicted octanol–water partition coefficient (Wildman–Crippen LogP) is 18.6. The molecule has 2 aliphatic carbocycles. The van der Waals surface area contributed by atoms with Gasteiger partial charge in [0, 0.05) is 0 Å². The molecule has 0 heterocycles. The van der Waals surface area contributed by atoms with Crippen molar-refractivity contribution in [3.8, 4) is 0 Å². The summed E-state index contributed by atoms with van der Waals surface area (Å²) in [4.78, 5) is 0. The molecule has 26 heteroatoms. The summed E-state index contributed by atoms with van der Waals surface area (Å²) in [5, 5.41) is 0. The molecule has 0 unspecified atom stereocenters. The number of hydrogen-bond donors (Lipinski definition) is 0. The van der Waals surface area contributed by atoms with Gasteiger partial charge in [-0.15, -0.1) is 0 Å². The first-order chi connectivity index (χ1) is 36.9. The molecule has 0 atom stereocenters. The fraction of sp³-hybridized carbons (Fsp3) is 0.182. The van der Waals surface area contributed by atoms with Crippen molar-refractivity contribution in [1.29, 1.82) is 0 Å². The van der Waals surface area contributed by atoms with Crippen LogP contribution in [0.15, 0.2) is 34.5 Å². The van der Waals surface area contributed by atoms with Gasteiger partial charge < -0.3 is 0 Å². The average Bonchev–Trinajstić information content (AvgIpc) is 3.89. The fourth-order valence-electron chi connectivity index (χ4n) is 8.81. The van der Waals surface area contributed by atoms with Gasteiger partial charge in [-0.3, -0.25) is 13.2 Å². The van der Waals surface area contributed by atoms with E-state index < -0.39 is 202 Å². The molecular formula is C55H30AlF25. The summed E-state index contributed by atoms with van der Waals surface area (Å²) in [5.74, 6) is -83.6. The van der Waals surface area contributed by atoms with Gasteiger partial charge in [0.05, 0.1) is 34.3 Å². The molecule has 6 aromatic rings. The molecule has 0 N–H and O–H groups in total. The van der Waals surface area contributed by atoms with Gasteiger partial charge in [-0.2, -0.15) is 55.6 Å². The van der Waals surface area contributed by atoms with E-state index >= 15 is 43.9 Å². The predicted molar refractivity (Wildman–Crippen MR) is 246 cm³/mol. The molecule has 428 valence electrons. The van der Waals surface area contributed by atoms with Crippen LogP contribution < -0.4 is 0 Å². The molecule has 81 heavy (non-hydrogen) atoms. The second kappa shape index (κ2) is 23.1. The van der Waals surface area contributed by atoms with Crippen molar-refractivity contribution in [3.05, 3.63) is 235 Å². The van der Waals surface area contributed by atoms with Gasteiger partial charge in [0.2, 0.25) is 23.3 Å². The average molecular weight is 1190 g/mol. The summed E-state index contributed by atoms with van der Waals surface area (Å²) in [5.41, 5.74) is -17.7. The third kappa shape index (κ3) is 9.86. The zero-order chi connectivity index (χ0) is 61.0. The molecule has 0 spiro atoms. The van der Waals surface area contributed by atoms with Crippen LogP contribution in [0.5, 0.6) is 0 Å². The molecule has 0 aliphatic heterocycles. The van der Waals surface area contributed by atoms with Crippen LogP contribution in [-0.2, 0) is 0 Å². The van der Waals surface area contributed by atoms with Crippen LogP contribution in [0.1, 0.15) is 77.9 Å². The Morgan fingerprint density at radius 1 is 0.235 bits per heavy atom. The van der Waals surface area contributed by atoms with Crippen LogP contribution in [-0.4, -0.2) is 17.4 Å². The van der Waals surface area contributed by atoms with E-state index in [1.54, 1.807) is 0 Å². The van der Waals surface area contributed by atoms with Crippen molar-refractivity contribution < 1.29 is 110 Å². The molecule has 0 fully saturated rings. The second-order valence-electron chi connectivity index (χ2n) is 17.8. The summed E-state index contributed by atoms with van der Waals surface area (Å²) in [6, 6.07) is 0. The van der Waals surface area contributed by atoms with Crippen LogP contribution in [0.2, 0.25) is 0 Å². The summed E-state index contributed by atoms with van der Waals surface area (Å²) >= 11 is 0. The standard InChI is InChI=1S/C35F25.2C10H15.Al/c36-11-6(12(37)22(47)31(56)21(11)46)1-2(7-13(38)23(48)32(57)24(49)14(7)39)4(9-17(42)27(52)34(59)28(53)18(9)43)5(10-19(44)29(54)35(60)30(55)20(10)45)3(1)8-15(40)25(50)33(58)26(51)16(8)41;2*1-6-7(2)9(4)10(5)8(6)3;/h;2*1-5H3;/q3*-1;+3. The number of rotatable bonds is 4. The largest absolute Gasteiger partial charge is 3.00 e. The Morgan fingerprint density at radius 2 is 0.407 bits per heavy atom. The van der Waals surface area contributed by atoms with Gasteiger partial charge in [-0.1, -0.05) is 80.4 Å². The van der Waals surface area contributed by atoms with Crippen molar-refractivity contribution in [3.63, 3.8) is 0 Å². The van der Waals surface area contributed by atoms with Crippen LogP contribution in [0, 0.1) is 192 Å². The third-order valence-electron chi connectivity index (χ3n) is 14.2. The van der Waals surface area contributed by atoms with E-state index in [-0.39, 0.29) is 17.4 Å². The maximum Gasteiger partial charge on any atom is 3.00 e. The van der Waals surface area contributed by atoms with E-state index in [2.05, 4.69) is 69.2 Å². The number of benzene rings is 4. The van der Waals surface area contributed by atoms with Crippen LogP contribution in [0.25, 0.3) is 22.3 Å². The zero-order valence-electron chi connectivity index (χ0n) is 42.5. The van der Waals surface area contributed by atoms with Crippen molar-refractivity contribution in [2.45, 2.75) is 69.2 Å². The van der Waals surface area contributed by atoms with E-state index in [4.69, 9.17) is 0 Å². The van der Waals surface area contributed by atoms with Gasteiger partial charge in [0.25, 0.3) is 0 Å². The quantitative estimate of drug-likeness (QED) is 0.0543. The first kappa shape index (κ1) is 64.8. The maximum absolute atomic E-state index is 15.8. The van der Waals surface area contributed by atoms with Crippen LogP contribution in [0.3, 0.4) is 0 Å². The molecule has 0 amide bonds. The van der Waals surface area contributed by atoms with Gasteiger partial charge in [-0.05, 0) is 22.3 Å². The van der Waals surface area contributed by atoms with Crippen LogP contribution >= 0.6 is 0 Å². The Morgan fingerprint density at radius 3 is 0.580 bits per heavy atom. The summed E-state index contributed by atoms with van der Waals surface area (Å²) < 4.78 is 378. The Labute approximate surface area is 452 Å². The van der Waals surface area contributed by atoms with Gasteiger partial charge in [0.1, 0.15) is 17.5 Å². The summed E-state index contributed by atoms with van der Waals surface area (Å²) in [6.07, 6.45) is -3.57. The monoisotopic (exact) mass is 1190 g/mol. The smallest absolute Gasteiger partial charge is 0.262 e. The Hall–Kier alpha value is -7.07. The molecule has 0 aromatic heterocycles. The molecule has 0 saturated carbocycles. The van der Waals surface area contributed by atoms with Gasteiger partial charge >= 0.3 is 17.4 Å². The summed E-state index contributed by atoms with van der Waals surface area (Å²) in [7, 11) is 0. The minimum absolute atomic E-state index is 0. The topological polar surface area (TPSA) is 0 Å². The Balaban J connectivity index is 0.000000478. The van der Waals surface area contributed by atoms with Crippen molar-refractivity contribution >= 4 is 39.7 Å². The second-order valence-corrected chi connectivity index (χ2v) is 17.8. The van der Waals surface area contributed by atoms with Gasteiger partial charge in [0.15, 0.2) is 93.1 Å². The van der Waals surface area contributed by atoms with Crippen LogP contribution in [0.4, 0.5) is 110 Å². The van der Waals surface area contributed by atoms with Crippen molar-refractivity contribution in [2.24, 2.45) is 0 Å². The molecule has 0 bridgehead atoms. The minimum atomic E-state index is -3.57. The Bertz CT molecular complexity index is 3380. The fourth-order valence-corrected chi connectivity index (χ4v) is 8.81. The molecule has 2 aliphatic rings. The van der Waals surface area contributed by atoms with E-state index in [0.29, 0.717) is 0 Å². The molecule has 6 aromatic carbocycles. The van der Waals surface area contributed by atoms with Crippen molar-refractivity contribution in [1.82, 2.24) is 0 Å². The molecule has 0 saturated heterocycles. The van der Waals surface area contributed by atoms with E-state index in [0.717, 1.165) is 0 Å². The summed E-state index contributed by atoms with van der Waals surface area (Å²) in [6.45, 7) is 22.0. The maximum atomic E-state index is 15.8. The normalized spacial score (nSPS) is 13.7. The number of hydrogen-bond acceptors (Lipinski definition) is 0. The third-order valence-corrected chi connectivity index (χ3v) is 14.2.